The number of fused-ring (bicyclic) bond motifs is 11. The molecule has 2 aromatic heterocycles. The van der Waals surface area contributed by atoms with Crippen LogP contribution in [0.25, 0.3) is 106 Å². The molecule has 11 rings (SSSR count). The highest BCUT2D eigenvalue weighted by Gasteiger charge is 2.19. The Balaban J connectivity index is 1.11. The van der Waals surface area contributed by atoms with Crippen LogP contribution in [0.2, 0.25) is 0 Å². The Bertz CT molecular complexity index is 2910. The third-order valence-corrected chi connectivity index (χ3v) is 13.2. The van der Waals surface area contributed by atoms with E-state index in [4.69, 9.17) is 0 Å². The number of thiophene rings is 2. The van der Waals surface area contributed by atoms with Crippen molar-refractivity contribution in [1.82, 2.24) is 0 Å². The van der Waals surface area contributed by atoms with E-state index >= 15 is 0 Å². The van der Waals surface area contributed by atoms with E-state index in [1.807, 2.05) is 22.7 Å². The van der Waals surface area contributed by atoms with Crippen LogP contribution in [0.3, 0.4) is 0 Å². The van der Waals surface area contributed by atoms with Crippen LogP contribution in [0.1, 0.15) is 0 Å². The smallest absolute Gasteiger partial charge is 0.0534 e. The predicted molar refractivity (Wildman–Crippen MR) is 229 cm³/mol. The first kappa shape index (κ1) is 29.6. The lowest BCUT2D eigenvalue weighted by atomic mass is 9.93. The second-order valence-electron chi connectivity index (χ2n) is 13.6. The average molecular weight is 695 g/mol. The zero-order valence-electron chi connectivity index (χ0n) is 28.1. The summed E-state index contributed by atoms with van der Waals surface area (Å²) >= 11 is 3.89. The third kappa shape index (κ3) is 4.58. The van der Waals surface area contributed by atoms with Gasteiger partial charge in [0, 0.05) is 30.9 Å². The summed E-state index contributed by atoms with van der Waals surface area (Å²) in [5, 5.41) is 10.7. The van der Waals surface area contributed by atoms with Crippen molar-refractivity contribution in [2.24, 2.45) is 0 Å². The molecule has 0 aliphatic carbocycles. The molecule has 0 amide bonds. The van der Waals surface area contributed by atoms with E-state index in [2.05, 4.69) is 182 Å². The lowest BCUT2D eigenvalue weighted by molar-refractivity contribution is 1.61. The van der Waals surface area contributed by atoms with Gasteiger partial charge in [0.2, 0.25) is 0 Å². The fraction of sp³-hybridized carbons (Fsp3) is 0. The van der Waals surface area contributed by atoms with E-state index in [1.165, 1.54) is 106 Å². The van der Waals surface area contributed by atoms with Crippen molar-refractivity contribution < 1.29 is 0 Å². The number of hydrogen-bond donors (Lipinski definition) is 0. The topological polar surface area (TPSA) is 0 Å². The van der Waals surface area contributed by atoms with E-state index in [1.54, 1.807) is 0 Å². The fourth-order valence-corrected chi connectivity index (χ4v) is 10.9. The lowest BCUT2D eigenvalue weighted by Crippen LogP contribution is -1.84. The quantitative estimate of drug-likeness (QED) is 0.172. The Morgan fingerprint density at radius 1 is 0.250 bits per heavy atom. The third-order valence-electron chi connectivity index (χ3n) is 10.7. The van der Waals surface area contributed by atoms with Crippen molar-refractivity contribution in [3.05, 3.63) is 182 Å². The minimum Gasteiger partial charge on any atom is -0.134 e. The van der Waals surface area contributed by atoms with Crippen molar-refractivity contribution in [2.75, 3.05) is 0 Å². The predicted octanol–water partition coefficient (Wildman–Crippen LogP) is 15.4. The van der Waals surface area contributed by atoms with E-state index in [-0.39, 0.29) is 0 Å². The molecule has 0 N–H and O–H groups in total. The van der Waals surface area contributed by atoms with Gasteiger partial charge in [-0.05, 0) is 78.2 Å². The van der Waals surface area contributed by atoms with Crippen molar-refractivity contribution >= 4 is 84.6 Å². The maximum Gasteiger partial charge on any atom is 0.0534 e. The average Bonchev–Trinajstić information content (AvgIpc) is 3.80. The molecule has 242 valence electrons. The van der Waals surface area contributed by atoms with Crippen LogP contribution < -0.4 is 0 Å². The van der Waals surface area contributed by atoms with E-state index in [9.17, 15) is 0 Å². The molecule has 0 nitrogen and oxygen atoms in total. The summed E-state index contributed by atoms with van der Waals surface area (Å²) in [6, 6.07) is 67.0. The van der Waals surface area contributed by atoms with Crippen molar-refractivity contribution in [1.29, 1.82) is 0 Å². The van der Waals surface area contributed by atoms with Gasteiger partial charge in [-0.2, -0.15) is 0 Å². The van der Waals surface area contributed by atoms with Crippen LogP contribution in [0, 0.1) is 0 Å². The van der Waals surface area contributed by atoms with Gasteiger partial charge >= 0.3 is 0 Å². The summed E-state index contributed by atoms with van der Waals surface area (Å²) in [5.74, 6) is 0. The second kappa shape index (κ2) is 11.7. The summed E-state index contributed by atoms with van der Waals surface area (Å²) in [6.45, 7) is 0. The highest BCUT2D eigenvalue weighted by Crippen LogP contribution is 2.50. The molecule has 52 heavy (non-hydrogen) atoms. The molecular formula is C50H30S2. The Morgan fingerprint density at radius 3 is 0.981 bits per heavy atom. The molecule has 0 radical (unpaired) electrons. The van der Waals surface area contributed by atoms with E-state index in [0.717, 1.165) is 0 Å². The Hall–Kier alpha value is -6.06. The van der Waals surface area contributed by atoms with Gasteiger partial charge in [-0.3, -0.25) is 0 Å². The van der Waals surface area contributed by atoms with Crippen molar-refractivity contribution in [2.45, 2.75) is 0 Å². The largest absolute Gasteiger partial charge is 0.134 e. The SMILES string of the molecule is c1ccc(-c2ccc(-c3cc4sc5c(ccc6c5sc5cc(-c7ccc(-c8ccccc8)cc7)c7ccccc7c56)c4c4ccccc34)cc2)cc1. The monoisotopic (exact) mass is 694 g/mol. The summed E-state index contributed by atoms with van der Waals surface area (Å²) in [7, 11) is 0. The summed E-state index contributed by atoms with van der Waals surface area (Å²) in [5.41, 5.74) is 10.0. The molecule has 0 bridgehead atoms. The molecule has 2 heterocycles. The zero-order valence-corrected chi connectivity index (χ0v) is 29.8. The second-order valence-corrected chi connectivity index (χ2v) is 15.7. The molecule has 0 unspecified atom stereocenters. The first-order valence-electron chi connectivity index (χ1n) is 17.8. The lowest BCUT2D eigenvalue weighted by Gasteiger charge is -2.10. The maximum atomic E-state index is 2.44. The summed E-state index contributed by atoms with van der Waals surface area (Å²) in [6.07, 6.45) is 0. The molecule has 9 aromatic carbocycles. The van der Waals surface area contributed by atoms with Gasteiger partial charge in [-0.25, -0.2) is 0 Å². The highest BCUT2D eigenvalue weighted by atomic mass is 32.1. The number of rotatable bonds is 4. The molecule has 0 aliphatic rings. The first-order valence-corrected chi connectivity index (χ1v) is 19.4. The van der Waals surface area contributed by atoms with E-state index in [0.29, 0.717) is 0 Å². The van der Waals surface area contributed by atoms with Crippen LogP contribution in [-0.2, 0) is 0 Å². The van der Waals surface area contributed by atoms with Crippen LogP contribution in [0.15, 0.2) is 182 Å². The molecule has 11 aromatic rings. The Labute approximate surface area is 309 Å². The first-order chi connectivity index (χ1) is 25.8. The normalized spacial score (nSPS) is 11.8. The molecule has 0 aliphatic heterocycles. The number of benzene rings is 9. The molecular weight excluding hydrogens is 665 g/mol. The van der Waals surface area contributed by atoms with Gasteiger partial charge < -0.3 is 0 Å². The molecule has 0 spiro atoms. The van der Waals surface area contributed by atoms with Crippen molar-refractivity contribution in [3.63, 3.8) is 0 Å². The fourth-order valence-electron chi connectivity index (χ4n) is 8.22. The van der Waals surface area contributed by atoms with Gasteiger partial charge in [0.15, 0.2) is 0 Å². The standard InChI is InChI=1S/C50H30S2/c1-3-11-31(12-4-1)33-19-23-35(24-20-33)43-29-45-47(39-17-9-7-15-37(39)43)41-27-28-42-48-40-18-10-8-16-38(40)44(30-46(48)52-50(42)49(41)51-45)36-25-21-34(22-26-36)32-13-5-2-6-14-32/h1-30H. The van der Waals surface area contributed by atoms with Gasteiger partial charge in [-0.15, -0.1) is 22.7 Å². The van der Waals surface area contributed by atoms with Crippen molar-refractivity contribution in [3.8, 4) is 44.5 Å². The number of hydrogen-bond acceptors (Lipinski definition) is 2. The van der Waals surface area contributed by atoms with Crippen LogP contribution >= 0.6 is 22.7 Å². The van der Waals surface area contributed by atoms with Gasteiger partial charge in [-0.1, -0.05) is 170 Å². The molecule has 0 saturated carbocycles. The Morgan fingerprint density at radius 2 is 0.577 bits per heavy atom. The van der Waals surface area contributed by atoms with Crippen LogP contribution in [0.5, 0.6) is 0 Å². The van der Waals surface area contributed by atoms with E-state index < -0.39 is 0 Å². The van der Waals surface area contributed by atoms with Gasteiger partial charge in [0.25, 0.3) is 0 Å². The van der Waals surface area contributed by atoms with Crippen LogP contribution in [0.4, 0.5) is 0 Å². The molecule has 0 fully saturated rings. The van der Waals surface area contributed by atoms with Gasteiger partial charge in [0.05, 0.1) is 9.40 Å². The zero-order chi connectivity index (χ0) is 34.2. The van der Waals surface area contributed by atoms with Gasteiger partial charge in [0.1, 0.15) is 0 Å². The molecule has 0 atom stereocenters. The van der Waals surface area contributed by atoms with Crippen LogP contribution in [-0.4, -0.2) is 0 Å². The molecule has 0 saturated heterocycles. The summed E-state index contributed by atoms with van der Waals surface area (Å²) < 4.78 is 5.44. The highest BCUT2D eigenvalue weighted by molar-refractivity contribution is 7.33. The summed E-state index contributed by atoms with van der Waals surface area (Å²) in [4.78, 5) is 0. The Kier molecular flexibility index (Phi) is 6.70. The molecule has 2 heteroatoms. The minimum atomic E-state index is 1.24. The maximum absolute atomic E-state index is 2.44. The minimum absolute atomic E-state index is 1.24.